The van der Waals surface area contributed by atoms with Crippen molar-refractivity contribution in [1.29, 1.82) is 5.26 Å². The number of nitrogens with zero attached hydrogens (tertiary/aromatic N) is 1. The Hall–Kier alpha value is -3.83. The zero-order chi connectivity index (χ0) is 27.8. The first-order valence-electron chi connectivity index (χ1n) is 12.2. The molecule has 4 rings (SSSR count). The summed E-state index contributed by atoms with van der Waals surface area (Å²) in [5.41, 5.74) is 5.14. The van der Waals surface area contributed by atoms with Gasteiger partial charge in [0.25, 0.3) is 0 Å². The molecule has 0 aromatic heterocycles. The van der Waals surface area contributed by atoms with Crippen molar-refractivity contribution in [1.82, 2.24) is 5.32 Å². The van der Waals surface area contributed by atoms with Crippen molar-refractivity contribution in [3.8, 4) is 28.7 Å². The number of carboxylic acids is 1. The molecule has 0 spiro atoms. The molecule has 0 aliphatic carbocycles. The van der Waals surface area contributed by atoms with Crippen LogP contribution in [0.25, 0.3) is 11.1 Å². The largest absolute Gasteiger partial charge is 0.488 e. The van der Waals surface area contributed by atoms with Crippen LogP contribution in [0.4, 0.5) is 0 Å². The van der Waals surface area contributed by atoms with Gasteiger partial charge < -0.3 is 19.9 Å². The zero-order valence-electron chi connectivity index (χ0n) is 21.2. The normalized spacial score (nSPS) is 11.4. The van der Waals surface area contributed by atoms with Gasteiger partial charge in [0.05, 0.1) is 16.7 Å². The molecule has 0 saturated heterocycles. The van der Waals surface area contributed by atoms with Crippen LogP contribution in [0.2, 0.25) is 5.02 Å². The summed E-state index contributed by atoms with van der Waals surface area (Å²) in [4.78, 5) is 11.3. The monoisotopic (exact) mass is 604 g/mol. The highest BCUT2D eigenvalue weighted by molar-refractivity contribution is 9.10. The molecular formula is C31H26BrClN2O4. The van der Waals surface area contributed by atoms with Gasteiger partial charge in [-0.1, -0.05) is 72.3 Å². The number of halogens is 2. The van der Waals surface area contributed by atoms with Gasteiger partial charge in [-0.05, 0) is 57.7 Å². The second-order valence-corrected chi connectivity index (χ2v) is 10.1. The molecule has 1 atom stereocenters. The van der Waals surface area contributed by atoms with E-state index in [1.54, 1.807) is 37.3 Å². The van der Waals surface area contributed by atoms with E-state index in [1.807, 2.05) is 42.5 Å². The third-order valence-corrected chi connectivity index (χ3v) is 7.31. The first-order chi connectivity index (χ1) is 18.9. The Balaban J connectivity index is 1.57. The highest BCUT2D eigenvalue weighted by Crippen LogP contribution is 2.36. The molecule has 4 aromatic carbocycles. The van der Waals surface area contributed by atoms with E-state index in [1.165, 1.54) is 0 Å². The lowest BCUT2D eigenvalue weighted by Crippen LogP contribution is -2.33. The minimum Gasteiger partial charge on any atom is -0.488 e. The van der Waals surface area contributed by atoms with E-state index in [-0.39, 0.29) is 19.8 Å². The number of aliphatic carboxylic acids is 1. The SMILES string of the molecule is C[C@@H](NCc1cc(Cl)c(OCc2cccc(-c3ccccc3)c2Br)cc1OCc1cccc(C#N)c1)C(=O)O. The van der Waals surface area contributed by atoms with Crippen LogP contribution in [-0.2, 0) is 24.6 Å². The average molecular weight is 606 g/mol. The van der Waals surface area contributed by atoms with Crippen molar-refractivity contribution < 1.29 is 19.4 Å². The van der Waals surface area contributed by atoms with Gasteiger partial charge in [0.15, 0.2) is 0 Å². The lowest BCUT2D eigenvalue weighted by atomic mass is 10.0. The third-order valence-electron chi connectivity index (χ3n) is 6.08. The molecule has 0 aliphatic rings. The van der Waals surface area contributed by atoms with E-state index in [9.17, 15) is 15.2 Å². The molecular weight excluding hydrogens is 580 g/mol. The molecule has 0 unspecified atom stereocenters. The Kier molecular flexibility index (Phi) is 9.61. The molecule has 4 aromatic rings. The summed E-state index contributed by atoms with van der Waals surface area (Å²) in [6.45, 7) is 2.27. The van der Waals surface area contributed by atoms with Crippen LogP contribution < -0.4 is 14.8 Å². The van der Waals surface area contributed by atoms with Crippen LogP contribution in [0.5, 0.6) is 11.5 Å². The minimum atomic E-state index is -0.958. The first kappa shape index (κ1) is 28.2. The topological polar surface area (TPSA) is 91.6 Å². The number of benzene rings is 4. The molecule has 0 saturated carbocycles. The van der Waals surface area contributed by atoms with Crippen LogP contribution >= 0.6 is 27.5 Å². The van der Waals surface area contributed by atoms with Crippen molar-refractivity contribution in [2.24, 2.45) is 0 Å². The van der Waals surface area contributed by atoms with Crippen LogP contribution in [0.3, 0.4) is 0 Å². The molecule has 0 heterocycles. The van der Waals surface area contributed by atoms with E-state index in [4.69, 9.17) is 21.1 Å². The number of carboxylic acid groups (broad SMARTS) is 1. The van der Waals surface area contributed by atoms with Gasteiger partial charge in [-0.2, -0.15) is 5.26 Å². The van der Waals surface area contributed by atoms with Crippen molar-refractivity contribution >= 4 is 33.5 Å². The summed E-state index contributed by atoms with van der Waals surface area (Å²) < 4.78 is 13.2. The van der Waals surface area contributed by atoms with E-state index in [0.29, 0.717) is 27.6 Å². The standard InChI is InChI=1S/C31H26BrClN2O4/c1-20(31(36)37)35-17-25-14-27(33)29(15-28(25)38-18-22-8-5-7-21(13-22)16-34)39-19-24-11-6-12-26(30(24)32)23-9-3-2-4-10-23/h2-15,20,35H,17-19H2,1H3,(H,36,37)/t20-/m1/s1. The number of hydrogen-bond acceptors (Lipinski definition) is 5. The molecule has 39 heavy (non-hydrogen) atoms. The Labute approximate surface area is 240 Å². The summed E-state index contributed by atoms with van der Waals surface area (Å²) in [6, 6.07) is 28.0. The Bertz CT molecular complexity index is 1500. The van der Waals surface area contributed by atoms with Crippen LogP contribution in [0, 0.1) is 11.3 Å². The van der Waals surface area contributed by atoms with Gasteiger partial charge in [0.2, 0.25) is 0 Å². The fourth-order valence-corrected chi connectivity index (χ4v) is 4.74. The van der Waals surface area contributed by atoms with Gasteiger partial charge in [-0.15, -0.1) is 0 Å². The molecule has 6 nitrogen and oxygen atoms in total. The quantitative estimate of drug-likeness (QED) is 0.186. The number of nitrogens with one attached hydrogen (secondary N) is 1. The minimum absolute atomic E-state index is 0.211. The molecule has 8 heteroatoms. The maximum absolute atomic E-state index is 11.3. The number of nitriles is 1. The summed E-state index contributed by atoms with van der Waals surface area (Å²) in [5.74, 6) is -0.0245. The lowest BCUT2D eigenvalue weighted by molar-refractivity contribution is -0.139. The average Bonchev–Trinajstić information content (AvgIpc) is 2.95. The van der Waals surface area contributed by atoms with E-state index in [0.717, 1.165) is 26.7 Å². The summed E-state index contributed by atoms with van der Waals surface area (Å²) in [7, 11) is 0. The molecule has 2 N–H and O–H groups in total. The second kappa shape index (κ2) is 13.3. The fraction of sp³-hybridized carbons (Fsp3) is 0.161. The summed E-state index contributed by atoms with van der Waals surface area (Å²) in [5, 5.41) is 21.8. The summed E-state index contributed by atoms with van der Waals surface area (Å²) >= 11 is 10.3. The lowest BCUT2D eigenvalue weighted by Gasteiger charge is -2.18. The van der Waals surface area contributed by atoms with Gasteiger partial charge in [-0.3, -0.25) is 4.79 Å². The van der Waals surface area contributed by atoms with Gasteiger partial charge >= 0.3 is 5.97 Å². The van der Waals surface area contributed by atoms with Crippen LogP contribution in [-0.4, -0.2) is 17.1 Å². The van der Waals surface area contributed by atoms with Gasteiger partial charge in [-0.25, -0.2) is 0 Å². The van der Waals surface area contributed by atoms with Crippen molar-refractivity contribution in [2.45, 2.75) is 32.7 Å². The van der Waals surface area contributed by atoms with Gasteiger partial charge in [0.1, 0.15) is 30.8 Å². The maximum Gasteiger partial charge on any atom is 0.320 e. The molecule has 0 bridgehead atoms. The van der Waals surface area contributed by atoms with Crippen molar-refractivity contribution in [3.63, 3.8) is 0 Å². The zero-order valence-corrected chi connectivity index (χ0v) is 23.5. The molecule has 0 radical (unpaired) electrons. The third kappa shape index (κ3) is 7.39. The Morgan fingerprint density at radius 1 is 0.974 bits per heavy atom. The van der Waals surface area contributed by atoms with E-state index >= 15 is 0 Å². The Morgan fingerprint density at radius 2 is 1.72 bits per heavy atom. The number of ether oxygens (including phenoxy) is 2. The molecule has 198 valence electrons. The molecule has 0 aliphatic heterocycles. The van der Waals surface area contributed by atoms with Gasteiger partial charge in [0, 0.05) is 28.2 Å². The first-order valence-corrected chi connectivity index (χ1v) is 13.4. The summed E-state index contributed by atoms with van der Waals surface area (Å²) in [6.07, 6.45) is 0. The predicted molar refractivity (Wildman–Crippen MR) is 155 cm³/mol. The smallest absolute Gasteiger partial charge is 0.320 e. The second-order valence-electron chi connectivity index (χ2n) is 8.87. The van der Waals surface area contributed by atoms with Crippen molar-refractivity contribution in [3.05, 3.63) is 117 Å². The van der Waals surface area contributed by atoms with E-state index < -0.39 is 12.0 Å². The van der Waals surface area contributed by atoms with Crippen molar-refractivity contribution in [2.75, 3.05) is 0 Å². The maximum atomic E-state index is 11.3. The molecule has 0 fully saturated rings. The fourth-order valence-electron chi connectivity index (χ4n) is 3.89. The van der Waals surface area contributed by atoms with Crippen LogP contribution in [0.15, 0.2) is 89.4 Å². The highest BCUT2D eigenvalue weighted by atomic mass is 79.9. The predicted octanol–water partition coefficient (Wildman–Crippen LogP) is 7.36. The number of carbonyl (C=O) groups is 1. The highest BCUT2D eigenvalue weighted by Gasteiger charge is 2.16. The van der Waals surface area contributed by atoms with E-state index in [2.05, 4.69) is 39.4 Å². The Morgan fingerprint density at radius 3 is 2.46 bits per heavy atom. The molecule has 0 amide bonds. The number of hydrogen-bond donors (Lipinski definition) is 2. The van der Waals surface area contributed by atoms with Crippen LogP contribution in [0.1, 0.15) is 29.2 Å². The number of rotatable bonds is 11.